The summed E-state index contributed by atoms with van der Waals surface area (Å²) in [7, 11) is 0. The molecule has 1 aliphatic rings. The van der Waals surface area contributed by atoms with Crippen LogP contribution >= 0.6 is 0 Å². The van der Waals surface area contributed by atoms with Crippen LogP contribution in [0.4, 0.5) is 0 Å². The molecular formula is C12H20N2O3. The molecule has 1 aliphatic heterocycles. The van der Waals surface area contributed by atoms with Gasteiger partial charge in [0.1, 0.15) is 0 Å². The SMILES string of the molecule is CC1CC(=O)N(CCC(=O)NC(C)(C)C)C1=O. The minimum Gasteiger partial charge on any atom is -0.351 e. The lowest BCUT2D eigenvalue weighted by molar-refractivity contribution is -0.139. The molecule has 0 aromatic carbocycles. The number of hydrogen-bond donors (Lipinski definition) is 1. The standard InChI is InChI=1S/C12H20N2O3/c1-8-7-10(16)14(11(8)17)6-5-9(15)13-12(2,3)4/h8H,5-7H2,1-4H3,(H,13,15). The molecule has 1 unspecified atom stereocenters. The molecule has 1 rings (SSSR count). The third-order valence-corrected chi connectivity index (χ3v) is 2.55. The van der Waals surface area contributed by atoms with Crippen LogP contribution in [0.15, 0.2) is 0 Å². The Bertz CT molecular complexity index is 344. The van der Waals surface area contributed by atoms with E-state index in [4.69, 9.17) is 0 Å². The molecule has 1 saturated heterocycles. The molecule has 1 fully saturated rings. The highest BCUT2D eigenvalue weighted by atomic mass is 16.2. The van der Waals surface area contributed by atoms with E-state index in [2.05, 4.69) is 5.32 Å². The Morgan fingerprint density at radius 2 is 2.00 bits per heavy atom. The maximum atomic E-state index is 11.6. The maximum absolute atomic E-state index is 11.6. The van der Waals surface area contributed by atoms with Gasteiger partial charge in [0, 0.05) is 30.8 Å². The van der Waals surface area contributed by atoms with Crippen LogP contribution in [0.2, 0.25) is 0 Å². The van der Waals surface area contributed by atoms with E-state index in [-0.39, 0.29) is 48.6 Å². The van der Waals surface area contributed by atoms with Crippen LogP contribution in [0.25, 0.3) is 0 Å². The van der Waals surface area contributed by atoms with Crippen LogP contribution in [0.1, 0.15) is 40.5 Å². The van der Waals surface area contributed by atoms with Crippen molar-refractivity contribution in [1.29, 1.82) is 0 Å². The van der Waals surface area contributed by atoms with Crippen LogP contribution in [0.5, 0.6) is 0 Å². The molecule has 0 bridgehead atoms. The van der Waals surface area contributed by atoms with E-state index in [9.17, 15) is 14.4 Å². The lowest BCUT2D eigenvalue weighted by Gasteiger charge is -2.21. The molecule has 0 spiro atoms. The first kappa shape index (κ1) is 13.7. The lowest BCUT2D eigenvalue weighted by Crippen LogP contribution is -2.42. The average molecular weight is 240 g/mol. The number of hydrogen-bond acceptors (Lipinski definition) is 3. The minimum absolute atomic E-state index is 0.141. The Labute approximate surface area is 102 Å². The summed E-state index contributed by atoms with van der Waals surface area (Å²) in [5, 5.41) is 2.80. The van der Waals surface area contributed by atoms with E-state index in [0.29, 0.717) is 0 Å². The van der Waals surface area contributed by atoms with Crippen molar-refractivity contribution in [2.75, 3.05) is 6.54 Å². The summed E-state index contributed by atoms with van der Waals surface area (Å²) < 4.78 is 0. The number of rotatable bonds is 3. The molecule has 5 heteroatoms. The smallest absolute Gasteiger partial charge is 0.232 e. The summed E-state index contributed by atoms with van der Waals surface area (Å²) in [5.74, 6) is -0.726. The molecule has 1 N–H and O–H groups in total. The van der Waals surface area contributed by atoms with Crippen LogP contribution in [0.3, 0.4) is 0 Å². The van der Waals surface area contributed by atoms with Crippen LogP contribution in [-0.2, 0) is 14.4 Å². The Balaban J connectivity index is 2.44. The summed E-state index contributed by atoms with van der Waals surface area (Å²) in [5.41, 5.74) is -0.288. The van der Waals surface area contributed by atoms with Gasteiger partial charge in [-0.05, 0) is 20.8 Å². The van der Waals surface area contributed by atoms with Gasteiger partial charge >= 0.3 is 0 Å². The zero-order chi connectivity index (χ0) is 13.2. The van der Waals surface area contributed by atoms with Gasteiger partial charge in [0.05, 0.1) is 0 Å². The molecule has 17 heavy (non-hydrogen) atoms. The van der Waals surface area contributed by atoms with Crippen molar-refractivity contribution in [3.63, 3.8) is 0 Å². The molecule has 0 aromatic rings. The Morgan fingerprint density at radius 3 is 2.41 bits per heavy atom. The fourth-order valence-electron chi connectivity index (χ4n) is 1.78. The molecule has 0 saturated carbocycles. The van der Waals surface area contributed by atoms with Gasteiger partial charge in [0.2, 0.25) is 17.7 Å². The fourth-order valence-corrected chi connectivity index (χ4v) is 1.78. The second-order valence-electron chi connectivity index (χ2n) is 5.54. The lowest BCUT2D eigenvalue weighted by atomic mass is 10.1. The van der Waals surface area contributed by atoms with E-state index in [1.165, 1.54) is 4.90 Å². The largest absolute Gasteiger partial charge is 0.351 e. The van der Waals surface area contributed by atoms with Crippen LogP contribution < -0.4 is 5.32 Å². The summed E-state index contributed by atoms with van der Waals surface area (Å²) in [6.45, 7) is 7.58. The molecule has 3 amide bonds. The van der Waals surface area contributed by atoms with Crippen molar-refractivity contribution in [2.24, 2.45) is 5.92 Å². The van der Waals surface area contributed by atoms with Crippen molar-refractivity contribution in [3.05, 3.63) is 0 Å². The highest BCUT2D eigenvalue weighted by Gasteiger charge is 2.35. The number of carbonyl (C=O) groups excluding carboxylic acids is 3. The van der Waals surface area contributed by atoms with E-state index < -0.39 is 0 Å². The van der Waals surface area contributed by atoms with E-state index in [1.54, 1.807) is 6.92 Å². The number of nitrogens with one attached hydrogen (secondary N) is 1. The first-order valence-electron chi connectivity index (χ1n) is 5.86. The van der Waals surface area contributed by atoms with Crippen molar-refractivity contribution in [2.45, 2.75) is 46.1 Å². The highest BCUT2D eigenvalue weighted by Crippen LogP contribution is 2.18. The number of carbonyl (C=O) groups is 3. The molecule has 0 aliphatic carbocycles. The highest BCUT2D eigenvalue weighted by molar-refractivity contribution is 6.03. The van der Waals surface area contributed by atoms with Crippen LogP contribution in [-0.4, -0.2) is 34.7 Å². The number of nitrogens with zero attached hydrogens (tertiary/aromatic N) is 1. The van der Waals surface area contributed by atoms with E-state index >= 15 is 0 Å². The summed E-state index contributed by atoms with van der Waals surface area (Å²) in [6.07, 6.45) is 0.432. The van der Waals surface area contributed by atoms with Gasteiger partial charge in [-0.3, -0.25) is 19.3 Å². The summed E-state index contributed by atoms with van der Waals surface area (Å²) in [6, 6.07) is 0. The zero-order valence-corrected chi connectivity index (χ0v) is 10.9. The van der Waals surface area contributed by atoms with Gasteiger partial charge in [-0.25, -0.2) is 0 Å². The van der Waals surface area contributed by atoms with Crippen molar-refractivity contribution in [3.8, 4) is 0 Å². The average Bonchev–Trinajstić information content (AvgIpc) is 2.36. The van der Waals surface area contributed by atoms with Crippen molar-refractivity contribution < 1.29 is 14.4 Å². The number of imide groups is 1. The van der Waals surface area contributed by atoms with Crippen molar-refractivity contribution >= 4 is 17.7 Å². The molecular weight excluding hydrogens is 220 g/mol. The minimum atomic E-state index is -0.288. The van der Waals surface area contributed by atoms with E-state index in [1.807, 2.05) is 20.8 Å². The Morgan fingerprint density at radius 1 is 1.41 bits per heavy atom. The van der Waals surface area contributed by atoms with Gasteiger partial charge < -0.3 is 5.32 Å². The third kappa shape index (κ3) is 3.84. The second-order valence-corrected chi connectivity index (χ2v) is 5.54. The Kier molecular flexibility index (Phi) is 3.91. The predicted molar refractivity (Wildman–Crippen MR) is 63.0 cm³/mol. The van der Waals surface area contributed by atoms with Gasteiger partial charge in [-0.15, -0.1) is 0 Å². The third-order valence-electron chi connectivity index (χ3n) is 2.55. The first-order valence-corrected chi connectivity index (χ1v) is 5.86. The molecule has 1 atom stereocenters. The molecule has 96 valence electrons. The maximum Gasteiger partial charge on any atom is 0.232 e. The Hall–Kier alpha value is -1.39. The summed E-state index contributed by atoms with van der Waals surface area (Å²) in [4.78, 5) is 35.8. The fraction of sp³-hybridized carbons (Fsp3) is 0.750. The topological polar surface area (TPSA) is 66.5 Å². The first-order chi connectivity index (χ1) is 7.70. The van der Waals surface area contributed by atoms with Gasteiger partial charge in [-0.1, -0.05) is 6.92 Å². The normalized spacial score (nSPS) is 20.9. The molecule has 1 heterocycles. The number of likely N-dealkylation sites (tertiary alicyclic amines) is 1. The molecule has 5 nitrogen and oxygen atoms in total. The van der Waals surface area contributed by atoms with Crippen LogP contribution in [0, 0.1) is 5.92 Å². The second kappa shape index (κ2) is 4.85. The van der Waals surface area contributed by atoms with Gasteiger partial charge in [0.25, 0.3) is 0 Å². The predicted octanol–water partition coefficient (Wildman–Crippen LogP) is 0.686. The number of amides is 3. The van der Waals surface area contributed by atoms with Gasteiger partial charge in [-0.2, -0.15) is 0 Å². The van der Waals surface area contributed by atoms with E-state index in [0.717, 1.165) is 0 Å². The molecule has 0 radical (unpaired) electrons. The van der Waals surface area contributed by atoms with Crippen molar-refractivity contribution in [1.82, 2.24) is 10.2 Å². The molecule has 0 aromatic heterocycles. The van der Waals surface area contributed by atoms with Gasteiger partial charge in [0.15, 0.2) is 0 Å². The zero-order valence-electron chi connectivity index (χ0n) is 10.9. The quantitative estimate of drug-likeness (QED) is 0.738. The monoisotopic (exact) mass is 240 g/mol. The summed E-state index contributed by atoms with van der Waals surface area (Å²) >= 11 is 0.